The molecular weight excluding hydrogens is 1230 g/mol. The maximum Gasteiger partial charge on any atom is 0.127 e. The molecule has 1 aliphatic rings. The van der Waals surface area contributed by atoms with Crippen LogP contribution in [0.5, 0.6) is 11.5 Å². The highest BCUT2D eigenvalue weighted by molar-refractivity contribution is 5.92. The van der Waals surface area contributed by atoms with E-state index in [1.807, 2.05) is 18.2 Å². The van der Waals surface area contributed by atoms with Gasteiger partial charge < -0.3 is 19.3 Å². The highest BCUT2D eigenvalue weighted by Crippen LogP contribution is 2.58. The molecule has 0 N–H and O–H groups in total. The van der Waals surface area contributed by atoms with Crippen LogP contribution in [0.2, 0.25) is 0 Å². The van der Waals surface area contributed by atoms with E-state index in [9.17, 15) is 0 Å². The minimum Gasteiger partial charge on any atom is -0.457 e. The van der Waals surface area contributed by atoms with Gasteiger partial charge in [-0.25, -0.2) is 0 Å². The average Bonchev–Trinajstić information content (AvgIpc) is 1.54. The van der Waals surface area contributed by atoms with E-state index < -0.39 is 5.41 Å². The number of ether oxygens (including phenoxy) is 2. The number of fused-ring (bicyclic) bond motifs is 3. The summed E-state index contributed by atoms with van der Waals surface area (Å²) in [4.78, 5) is 4.63. The normalized spacial score (nSPS) is 12.6. The molecule has 0 bridgehead atoms. The van der Waals surface area contributed by atoms with Crippen LogP contribution < -0.4 is 14.5 Å². The summed E-state index contributed by atoms with van der Waals surface area (Å²) in [6.45, 7) is 14.1. The van der Waals surface area contributed by atoms with E-state index in [4.69, 9.17) is 9.47 Å². The molecule has 14 aromatic carbocycles. The lowest BCUT2D eigenvalue weighted by atomic mass is 9.66. The van der Waals surface area contributed by atoms with Crippen molar-refractivity contribution in [1.29, 1.82) is 0 Å². The van der Waals surface area contributed by atoms with Crippen molar-refractivity contribution in [2.45, 2.75) is 71.0 Å². The molecule has 2 unspecified atom stereocenters. The first-order valence-corrected chi connectivity index (χ1v) is 35.4. The third-order valence-corrected chi connectivity index (χ3v) is 20.4. The molecule has 0 aliphatic heterocycles. The van der Waals surface area contributed by atoms with Crippen molar-refractivity contribution in [2.75, 3.05) is 9.80 Å². The van der Waals surface area contributed by atoms with Gasteiger partial charge in [-0.1, -0.05) is 269 Å². The Hall–Kier alpha value is -11.8. The number of aryl methyl sites for hydroxylation is 2. The van der Waals surface area contributed by atoms with Crippen LogP contribution in [0.15, 0.2) is 352 Å². The zero-order chi connectivity index (χ0) is 68.7. The smallest absolute Gasteiger partial charge is 0.127 e. The lowest BCUT2D eigenvalue weighted by Gasteiger charge is -2.35. The monoisotopic (exact) mass is 1310 g/mol. The fourth-order valence-electron chi connectivity index (χ4n) is 15.1. The second-order valence-corrected chi connectivity index (χ2v) is 26.9. The molecular formula is C97H82N2O2. The molecule has 0 radical (unpaired) electrons. The number of anilines is 6. The number of hydrogen-bond acceptors (Lipinski definition) is 4. The van der Waals surface area contributed by atoms with Gasteiger partial charge in [-0.15, -0.1) is 0 Å². The lowest BCUT2D eigenvalue weighted by molar-refractivity contribution is 0.107. The van der Waals surface area contributed by atoms with Crippen molar-refractivity contribution in [2.24, 2.45) is 0 Å². The van der Waals surface area contributed by atoms with Crippen molar-refractivity contribution in [3.05, 3.63) is 414 Å². The molecule has 0 amide bonds. The molecule has 14 aromatic rings. The number of para-hydroxylation sites is 4. The fourth-order valence-corrected chi connectivity index (χ4v) is 15.1. The standard InChI is InChI=1S/C97H82N2O2/c1-6-71-30-36-77(37-31-71)78-42-40-75(41-43-78)70(5)63-74(7-2)76-38-32-72(33-39-76)66-100-67-73-34-56-90(57-35-73)101-91-58-50-83(51-59-91)97(96-62-68(3)28-29-69(96)4)94-60-48-81(79-44-52-88(53-45-79)98(84-20-12-8-13-21-84)85-22-14-9-15-23-85)64-92(94)93-65-82(49-61-95(93)97)80-46-54-89(55-47-80)99(86-24-16-10-17-25-86)87-26-18-11-19-27-87/h6,8-62,64-65,70,74H,1,7,63,66-67H2,2-5H3. The maximum atomic E-state index is 6.69. The minimum absolute atomic E-state index is 0.441. The zero-order valence-corrected chi connectivity index (χ0v) is 57.9. The predicted molar refractivity (Wildman–Crippen MR) is 423 cm³/mol. The molecule has 1 aliphatic carbocycles. The Balaban J connectivity index is 0.694. The summed E-state index contributed by atoms with van der Waals surface area (Å²) in [5.74, 6) is 2.45. The molecule has 2 atom stereocenters. The zero-order valence-electron chi connectivity index (χ0n) is 57.9. The van der Waals surface area contributed by atoms with E-state index in [1.54, 1.807) is 0 Å². The Morgan fingerprint density at radius 1 is 0.376 bits per heavy atom. The Morgan fingerprint density at radius 3 is 1.21 bits per heavy atom. The third-order valence-electron chi connectivity index (χ3n) is 20.4. The van der Waals surface area contributed by atoms with Crippen LogP contribution >= 0.6 is 0 Å². The van der Waals surface area contributed by atoms with E-state index in [2.05, 4.69) is 378 Å². The largest absolute Gasteiger partial charge is 0.457 e. The summed E-state index contributed by atoms with van der Waals surface area (Å²) in [5.41, 5.74) is 28.9. The van der Waals surface area contributed by atoms with E-state index in [1.165, 1.54) is 72.3 Å². The highest BCUT2D eigenvalue weighted by atomic mass is 16.5. The number of hydrogen-bond donors (Lipinski definition) is 0. The van der Waals surface area contributed by atoms with Crippen LogP contribution in [-0.4, -0.2) is 0 Å². The summed E-state index contributed by atoms with van der Waals surface area (Å²) in [6.07, 6.45) is 4.07. The molecule has 0 fully saturated rings. The summed E-state index contributed by atoms with van der Waals surface area (Å²) in [7, 11) is 0. The van der Waals surface area contributed by atoms with Gasteiger partial charge in [-0.2, -0.15) is 0 Å². The average molecular weight is 1310 g/mol. The summed E-state index contributed by atoms with van der Waals surface area (Å²) in [6, 6.07) is 126. The van der Waals surface area contributed by atoms with Gasteiger partial charge in [0.15, 0.2) is 0 Å². The minimum atomic E-state index is -0.670. The second-order valence-electron chi connectivity index (χ2n) is 26.9. The Kier molecular flexibility index (Phi) is 18.9. The van der Waals surface area contributed by atoms with Gasteiger partial charge in [0.05, 0.1) is 18.6 Å². The molecule has 15 rings (SSSR count). The summed E-state index contributed by atoms with van der Waals surface area (Å²) >= 11 is 0. The van der Waals surface area contributed by atoms with Gasteiger partial charge in [0.1, 0.15) is 11.5 Å². The molecule has 0 aromatic heterocycles. The van der Waals surface area contributed by atoms with Gasteiger partial charge >= 0.3 is 0 Å². The van der Waals surface area contributed by atoms with Crippen molar-refractivity contribution in [1.82, 2.24) is 0 Å². The predicted octanol–water partition coefficient (Wildman–Crippen LogP) is 26.4. The van der Waals surface area contributed by atoms with Gasteiger partial charge in [-0.3, -0.25) is 0 Å². The fraction of sp³-hybridized carbons (Fsp3) is 0.113. The SMILES string of the molecule is C=Cc1ccc(-c2ccc(C(C)CC(CC)c3ccc(COCc4ccc(Oc5ccc(C6(c7cc(C)ccc7C)c7ccc(-c8ccc(N(c9ccccc9)c9ccccc9)cc8)cc7-c7cc(-c8ccc(N(c9ccccc9)c9ccccc9)cc8)ccc76)cc5)cc4)cc3)cc2)cc1. The van der Waals surface area contributed by atoms with Crippen molar-refractivity contribution in [3.8, 4) is 56.0 Å². The maximum absolute atomic E-state index is 6.69. The number of rotatable bonds is 23. The van der Waals surface area contributed by atoms with E-state index >= 15 is 0 Å². The first kappa shape index (κ1) is 65.1. The van der Waals surface area contributed by atoms with Gasteiger partial charge in [0, 0.05) is 34.1 Å². The van der Waals surface area contributed by atoms with E-state index in [0.29, 0.717) is 25.0 Å². The Morgan fingerprint density at radius 2 is 0.762 bits per heavy atom. The lowest BCUT2D eigenvalue weighted by Crippen LogP contribution is -2.29. The van der Waals surface area contributed by atoms with Gasteiger partial charge in [0.2, 0.25) is 0 Å². The van der Waals surface area contributed by atoms with Crippen molar-refractivity contribution < 1.29 is 9.47 Å². The topological polar surface area (TPSA) is 24.9 Å². The number of nitrogens with zero attached hydrogens (tertiary/aromatic N) is 2. The molecule has 101 heavy (non-hydrogen) atoms. The van der Waals surface area contributed by atoms with Gasteiger partial charge in [-0.05, 0) is 248 Å². The molecule has 4 nitrogen and oxygen atoms in total. The Labute approximate surface area is 596 Å². The van der Waals surface area contributed by atoms with Crippen LogP contribution in [0.1, 0.15) is 99.7 Å². The Bertz CT molecular complexity index is 4860. The van der Waals surface area contributed by atoms with Gasteiger partial charge in [0.25, 0.3) is 0 Å². The first-order chi connectivity index (χ1) is 49.7. The van der Waals surface area contributed by atoms with Crippen LogP contribution in [0, 0.1) is 13.8 Å². The van der Waals surface area contributed by atoms with E-state index in [0.717, 1.165) is 91.8 Å². The van der Waals surface area contributed by atoms with Crippen LogP contribution in [-0.2, 0) is 23.4 Å². The number of benzene rings is 14. The van der Waals surface area contributed by atoms with Crippen molar-refractivity contribution in [3.63, 3.8) is 0 Å². The molecule has 0 saturated carbocycles. The molecule has 492 valence electrons. The molecule has 4 heteroatoms. The third kappa shape index (κ3) is 13.6. The molecule has 0 saturated heterocycles. The van der Waals surface area contributed by atoms with Crippen molar-refractivity contribution >= 4 is 40.2 Å². The van der Waals surface area contributed by atoms with Crippen LogP contribution in [0.3, 0.4) is 0 Å². The van der Waals surface area contributed by atoms with Crippen LogP contribution in [0.4, 0.5) is 34.1 Å². The second kappa shape index (κ2) is 29.3. The summed E-state index contributed by atoms with van der Waals surface area (Å²) in [5, 5.41) is 0. The van der Waals surface area contributed by atoms with Crippen LogP contribution in [0.25, 0.3) is 50.6 Å². The quantitative estimate of drug-likeness (QED) is 0.0637. The highest BCUT2D eigenvalue weighted by Gasteiger charge is 2.47. The summed E-state index contributed by atoms with van der Waals surface area (Å²) < 4.78 is 13.0. The van der Waals surface area contributed by atoms with E-state index in [-0.39, 0.29) is 0 Å². The molecule has 0 heterocycles. The molecule has 0 spiro atoms. The first-order valence-electron chi connectivity index (χ1n) is 35.4.